The Balaban J connectivity index is 2.12. The van der Waals surface area contributed by atoms with Crippen molar-refractivity contribution in [3.8, 4) is 0 Å². The average molecular weight is 548 g/mol. The zero-order valence-corrected chi connectivity index (χ0v) is 19.1. The molecule has 4 nitrogen and oxygen atoms in total. The van der Waals surface area contributed by atoms with Crippen molar-refractivity contribution in [1.29, 1.82) is 0 Å². The molecule has 2 rings (SSSR count). The molecule has 0 aromatic heterocycles. The molecule has 0 fully saturated rings. The van der Waals surface area contributed by atoms with Gasteiger partial charge in [-0.3, -0.25) is 9.59 Å². The van der Waals surface area contributed by atoms with E-state index in [4.69, 9.17) is 34.8 Å². The molecule has 0 aliphatic carbocycles. The number of hydrogen-bond donors (Lipinski definition) is 2. The number of allylic oxidation sites excluding steroid dienone is 1. The van der Waals surface area contributed by atoms with Gasteiger partial charge in [-0.05, 0) is 41.5 Å². The highest BCUT2D eigenvalue weighted by molar-refractivity contribution is 6.35. The summed E-state index contributed by atoms with van der Waals surface area (Å²) >= 11 is 17.6. The Bertz CT molecular complexity index is 1070. The number of rotatable bonds is 7. The SMILES string of the molecule is O=C(CNC(=O)c1ccc(C=CC(c2cc(Cl)cc(Cl)c2)C(F)(F)F)cc1Cl)NCC(F)(F)F. The predicted octanol–water partition coefficient (Wildman–Crippen LogP) is 6.41. The van der Waals surface area contributed by atoms with Crippen LogP contribution in [0.4, 0.5) is 26.3 Å². The Morgan fingerprint density at radius 2 is 1.53 bits per heavy atom. The molecule has 184 valence electrons. The molecule has 34 heavy (non-hydrogen) atoms. The van der Waals surface area contributed by atoms with Crippen molar-refractivity contribution in [2.75, 3.05) is 13.1 Å². The van der Waals surface area contributed by atoms with Gasteiger partial charge in [0.1, 0.15) is 6.54 Å². The van der Waals surface area contributed by atoms with E-state index in [-0.39, 0.29) is 31.8 Å². The summed E-state index contributed by atoms with van der Waals surface area (Å²) in [5.41, 5.74) is -0.0737. The van der Waals surface area contributed by atoms with Crippen LogP contribution in [0.25, 0.3) is 6.08 Å². The molecule has 0 radical (unpaired) electrons. The lowest BCUT2D eigenvalue weighted by Crippen LogP contribution is -2.40. The van der Waals surface area contributed by atoms with Crippen molar-refractivity contribution < 1.29 is 35.9 Å². The van der Waals surface area contributed by atoms with Crippen molar-refractivity contribution in [3.05, 3.63) is 74.2 Å². The highest BCUT2D eigenvalue weighted by atomic mass is 35.5. The molecule has 0 aliphatic rings. The Hall–Kier alpha value is -2.43. The highest BCUT2D eigenvalue weighted by Gasteiger charge is 2.39. The largest absolute Gasteiger partial charge is 0.405 e. The second-order valence-corrected chi connectivity index (χ2v) is 8.18. The van der Waals surface area contributed by atoms with E-state index in [0.29, 0.717) is 0 Å². The summed E-state index contributed by atoms with van der Waals surface area (Å²) in [4.78, 5) is 23.5. The predicted molar refractivity (Wildman–Crippen MR) is 117 cm³/mol. The van der Waals surface area contributed by atoms with Crippen molar-refractivity contribution in [2.45, 2.75) is 18.3 Å². The van der Waals surface area contributed by atoms with Crippen LogP contribution in [-0.4, -0.2) is 37.3 Å². The average Bonchev–Trinajstić information content (AvgIpc) is 2.68. The summed E-state index contributed by atoms with van der Waals surface area (Å²) in [7, 11) is 0. The van der Waals surface area contributed by atoms with Gasteiger partial charge >= 0.3 is 12.4 Å². The lowest BCUT2D eigenvalue weighted by atomic mass is 9.97. The number of carbonyl (C=O) groups excluding carboxylic acids is 2. The third kappa shape index (κ3) is 8.73. The Morgan fingerprint density at radius 3 is 2.06 bits per heavy atom. The van der Waals surface area contributed by atoms with Crippen molar-refractivity contribution in [3.63, 3.8) is 0 Å². The highest BCUT2D eigenvalue weighted by Crippen LogP contribution is 2.38. The maximum absolute atomic E-state index is 13.6. The van der Waals surface area contributed by atoms with Crippen LogP contribution < -0.4 is 10.6 Å². The summed E-state index contributed by atoms with van der Waals surface area (Å²) in [6.45, 7) is -2.29. The first-order valence-electron chi connectivity index (χ1n) is 9.28. The third-order valence-corrected chi connectivity index (χ3v) is 4.96. The molecule has 0 saturated heterocycles. The second kappa shape index (κ2) is 11.3. The van der Waals surface area contributed by atoms with E-state index in [1.165, 1.54) is 24.3 Å². The minimum Gasteiger partial charge on any atom is -0.345 e. The molecule has 2 aromatic rings. The number of amides is 2. The van der Waals surface area contributed by atoms with Crippen LogP contribution >= 0.6 is 34.8 Å². The molecule has 0 heterocycles. The summed E-state index contributed by atoms with van der Waals surface area (Å²) < 4.78 is 77.0. The van der Waals surface area contributed by atoms with Gasteiger partial charge in [-0.15, -0.1) is 0 Å². The molecule has 0 spiro atoms. The summed E-state index contributed by atoms with van der Waals surface area (Å²) in [6, 6.07) is 7.30. The van der Waals surface area contributed by atoms with E-state index in [2.05, 4.69) is 5.32 Å². The number of hydrogen-bond acceptors (Lipinski definition) is 2. The van der Waals surface area contributed by atoms with E-state index >= 15 is 0 Å². The number of alkyl halides is 6. The van der Waals surface area contributed by atoms with E-state index < -0.39 is 43.2 Å². The fourth-order valence-electron chi connectivity index (χ4n) is 2.71. The van der Waals surface area contributed by atoms with Gasteiger partial charge in [-0.1, -0.05) is 53.0 Å². The number of nitrogens with one attached hydrogen (secondary N) is 2. The normalized spacial score (nSPS) is 13.1. The van der Waals surface area contributed by atoms with E-state index in [9.17, 15) is 35.9 Å². The molecule has 13 heteroatoms. The summed E-state index contributed by atoms with van der Waals surface area (Å²) in [5.74, 6) is -3.95. The lowest BCUT2D eigenvalue weighted by molar-refractivity contribution is -0.139. The van der Waals surface area contributed by atoms with Crippen LogP contribution in [0.5, 0.6) is 0 Å². The molecule has 1 atom stereocenters. The van der Waals surface area contributed by atoms with Gasteiger partial charge in [0.25, 0.3) is 5.91 Å². The Kier molecular flexibility index (Phi) is 9.27. The van der Waals surface area contributed by atoms with Gasteiger partial charge in [0.15, 0.2) is 0 Å². The van der Waals surface area contributed by atoms with Crippen LogP contribution in [0.15, 0.2) is 42.5 Å². The maximum atomic E-state index is 13.6. The fraction of sp³-hybridized carbons (Fsp3) is 0.238. The van der Waals surface area contributed by atoms with Crippen molar-refractivity contribution in [2.24, 2.45) is 0 Å². The molecular formula is C21H15Cl3F6N2O2. The second-order valence-electron chi connectivity index (χ2n) is 6.90. The first kappa shape index (κ1) is 27.8. The molecule has 0 aliphatic heterocycles. The molecule has 0 saturated carbocycles. The molecule has 1 unspecified atom stereocenters. The quantitative estimate of drug-likeness (QED) is 0.394. The summed E-state index contributed by atoms with van der Waals surface area (Å²) in [6.07, 6.45) is -7.24. The molecule has 2 N–H and O–H groups in total. The molecule has 2 amide bonds. The standard InChI is InChI=1S/C21H15Cl3F6N2O2/c22-13-6-12(7-14(23)8-13)16(21(28,29)30)4-2-11-1-3-15(17(24)5-11)19(34)31-9-18(33)32-10-20(25,26)27/h1-8,16H,9-10H2,(H,31,34)(H,32,33). The molecule has 2 aromatic carbocycles. The van der Waals surface area contributed by atoms with Gasteiger partial charge in [-0.2, -0.15) is 26.3 Å². The van der Waals surface area contributed by atoms with Gasteiger partial charge in [0.2, 0.25) is 5.91 Å². The monoisotopic (exact) mass is 546 g/mol. The fourth-order valence-corrected chi connectivity index (χ4v) is 3.53. The van der Waals surface area contributed by atoms with Gasteiger partial charge in [0.05, 0.1) is 23.0 Å². The maximum Gasteiger partial charge on any atom is 0.405 e. The van der Waals surface area contributed by atoms with Gasteiger partial charge in [0, 0.05) is 10.0 Å². The smallest absolute Gasteiger partial charge is 0.345 e. The molecule has 0 bridgehead atoms. The Labute approximate surface area is 204 Å². The van der Waals surface area contributed by atoms with Crippen molar-refractivity contribution >= 4 is 52.7 Å². The third-order valence-electron chi connectivity index (χ3n) is 4.21. The zero-order valence-electron chi connectivity index (χ0n) is 16.8. The number of halogens is 9. The summed E-state index contributed by atoms with van der Waals surface area (Å²) in [5, 5.41) is 3.61. The van der Waals surface area contributed by atoms with Crippen LogP contribution in [-0.2, 0) is 4.79 Å². The number of benzene rings is 2. The minimum absolute atomic E-state index is 0.0376. The zero-order chi connectivity index (χ0) is 25.7. The van der Waals surface area contributed by atoms with Crippen LogP contribution in [0.3, 0.4) is 0 Å². The van der Waals surface area contributed by atoms with Crippen LogP contribution in [0.1, 0.15) is 27.4 Å². The van der Waals surface area contributed by atoms with Crippen LogP contribution in [0, 0.1) is 0 Å². The van der Waals surface area contributed by atoms with Gasteiger partial charge < -0.3 is 10.6 Å². The van der Waals surface area contributed by atoms with Crippen molar-refractivity contribution in [1.82, 2.24) is 10.6 Å². The van der Waals surface area contributed by atoms with E-state index in [0.717, 1.165) is 24.3 Å². The van der Waals surface area contributed by atoms with Crippen LogP contribution in [0.2, 0.25) is 15.1 Å². The first-order chi connectivity index (χ1) is 15.7. The molecular weight excluding hydrogens is 533 g/mol. The number of carbonyl (C=O) groups is 2. The van der Waals surface area contributed by atoms with E-state index in [1.807, 2.05) is 0 Å². The van der Waals surface area contributed by atoms with E-state index in [1.54, 1.807) is 5.32 Å². The minimum atomic E-state index is -4.65. The first-order valence-corrected chi connectivity index (χ1v) is 10.4. The lowest BCUT2D eigenvalue weighted by Gasteiger charge is -2.18. The van der Waals surface area contributed by atoms with Gasteiger partial charge in [-0.25, -0.2) is 0 Å². The topological polar surface area (TPSA) is 58.2 Å². The Morgan fingerprint density at radius 1 is 0.912 bits per heavy atom.